The zero-order valence-electron chi connectivity index (χ0n) is 10.4. The second-order valence-electron chi connectivity index (χ2n) is 4.22. The maximum Gasteiger partial charge on any atom is 0.268 e. The molecule has 94 valence electrons. The first kappa shape index (κ1) is 12.9. The molecule has 0 saturated carbocycles. The average molecular weight is 307 g/mol. The monoisotopic (exact) mass is 306 g/mol. The number of aryl methyl sites for hydroxylation is 1. The lowest BCUT2D eigenvalue weighted by atomic mass is 10.1. The normalized spacial score (nSPS) is 12.2. The van der Waals surface area contributed by atoms with Gasteiger partial charge in [-0.1, -0.05) is 34.1 Å². The summed E-state index contributed by atoms with van der Waals surface area (Å²) in [6.07, 6.45) is 1.86. The number of carbonyl (C=O) groups is 1. The lowest BCUT2D eigenvalue weighted by Crippen LogP contribution is -2.28. The number of benzene rings is 1. The fraction of sp³-hybridized carbons (Fsp3) is 0.214. The summed E-state index contributed by atoms with van der Waals surface area (Å²) in [6.45, 7) is 1.97. The van der Waals surface area contributed by atoms with Crippen molar-refractivity contribution < 1.29 is 4.79 Å². The third-order valence-electron chi connectivity index (χ3n) is 2.90. The largest absolute Gasteiger partial charge is 0.347 e. The highest BCUT2D eigenvalue weighted by atomic mass is 79.9. The molecule has 1 aromatic carbocycles. The Labute approximate surface area is 115 Å². The summed E-state index contributed by atoms with van der Waals surface area (Å²) in [6, 6.07) is 11.5. The Kier molecular flexibility index (Phi) is 3.87. The number of amides is 1. The fourth-order valence-corrected chi connectivity index (χ4v) is 2.50. The maximum atomic E-state index is 12.1. The molecule has 0 aliphatic carbocycles. The Balaban J connectivity index is 2.13. The van der Waals surface area contributed by atoms with Gasteiger partial charge in [-0.3, -0.25) is 4.79 Å². The van der Waals surface area contributed by atoms with Gasteiger partial charge in [0.1, 0.15) is 5.69 Å². The van der Waals surface area contributed by atoms with Crippen molar-refractivity contribution in [3.8, 4) is 0 Å². The van der Waals surface area contributed by atoms with Crippen LogP contribution in [0.1, 0.15) is 29.0 Å². The van der Waals surface area contributed by atoms with Gasteiger partial charge in [0.05, 0.1) is 6.04 Å². The van der Waals surface area contributed by atoms with Gasteiger partial charge in [-0.15, -0.1) is 0 Å². The molecule has 0 fully saturated rings. The molecule has 1 unspecified atom stereocenters. The van der Waals surface area contributed by atoms with E-state index in [9.17, 15) is 4.79 Å². The highest BCUT2D eigenvalue weighted by Crippen LogP contribution is 2.22. The van der Waals surface area contributed by atoms with Crippen LogP contribution in [0, 0.1) is 0 Å². The predicted molar refractivity (Wildman–Crippen MR) is 75.4 cm³/mol. The summed E-state index contributed by atoms with van der Waals surface area (Å²) in [4.78, 5) is 12.1. The summed E-state index contributed by atoms with van der Waals surface area (Å²) in [5.74, 6) is -0.0641. The molecule has 1 N–H and O–H groups in total. The third-order valence-corrected chi connectivity index (χ3v) is 3.62. The van der Waals surface area contributed by atoms with Crippen molar-refractivity contribution >= 4 is 21.8 Å². The number of hydrogen-bond donors (Lipinski definition) is 1. The minimum atomic E-state index is -0.0641. The standard InChI is InChI=1S/C14H15BrN2O/c1-10(11-6-3-4-7-12(11)15)16-14(18)13-8-5-9-17(13)2/h3-10H,1-2H3,(H,16,18). The van der Waals surface area contributed by atoms with Gasteiger partial charge in [-0.25, -0.2) is 0 Å². The minimum absolute atomic E-state index is 0.0389. The second-order valence-corrected chi connectivity index (χ2v) is 5.08. The number of nitrogens with one attached hydrogen (secondary N) is 1. The first-order valence-electron chi connectivity index (χ1n) is 5.76. The molecule has 1 atom stereocenters. The highest BCUT2D eigenvalue weighted by molar-refractivity contribution is 9.10. The van der Waals surface area contributed by atoms with Crippen molar-refractivity contribution in [1.29, 1.82) is 0 Å². The molecule has 2 rings (SSSR count). The number of carbonyl (C=O) groups excluding carboxylic acids is 1. The third kappa shape index (κ3) is 2.64. The van der Waals surface area contributed by atoms with E-state index in [0.717, 1.165) is 10.0 Å². The zero-order valence-corrected chi connectivity index (χ0v) is 11.9. The van der Waals surface area contributed by atoms with Crippen LogP contribution in [0.2, 0.25) is 0 Å². The molecule has 0 radical (unpaired) electrons. The zero-order chi connectivity index (χ0) is 13.1. The Hall–Kier alpha value is -1.55. The molecule has 2 aromatic rings. The Bertz CT molecular complexity index is 562. The number of halogens is 1. The van der Waals surface area contributed by atoms with Gasteiger partial charge in [0.15, 0.2) is 0 Å². The van der Waals surface area contributed by atoms with E-state index < -0.39 is 0 Å². The van der Waals surface area contributed by atoms with Crippen molar-refractivity contribution in [3.05, 3.63) is 58.3 Å². The SMILES string of the molecule is CC(NC(=O)c1cccn1C)c1ccccc1Br. The lowest BCUT2D eigenvalue weighted by molar-refractivity contribution is 0.0931. The van der Waals surface area contributed by atoms with Crippen LogP contribution in [0.4, 0.5) is 0 Å². The summed E-state index contributed by atoms with van der Waals surface area (Å²) < 4.78 is 2.81. The van der Waals surface area contributed by atoms with Crippen molar-refractivity contribution in [1.82, 2.24) is 9.88 Å². The van der Waals surface area contributed by atoms with Crippen LogP contribution in [-0.2, 0) is 7.05 Å². The Morgan fingerprint density at radius 3 is 2.61 bits per heavy atom. The topological polar surface area (TPSA) is 34.0 Å². The molecule has 0 aliphatic heterocycles. The van der Waals surface area contributed by atoms with Crippen molar-refractivity contribution in [2.75, 3.05) is 0 Å². The van der Waals surface area contributed by atoms with E-state index in [1.54, 1.807) is 0 Å². The van der Waals surface area contributed by atoms with E-state index in [1.165, 1.54) is 0 Å². The van der Waals surface area contributed by atoms with Gasteiger partial charge < -0.3 is 9.88 Å². The van der Waals surface area contributed by atoms with Crippen molar-refractivity contribution in [2.24, 2.45) is 7.05 Å². The molecule has 1 heterocycles. The summed E-state index contributed by atoms with van der Waals surface area (Å²) in [7, 11) is 1.86. The van der Waals surface area contributed by atoms with Gasteiger partial charge in [0.2, 0.25) is 0 Å². The second kappa shape index (κ2) is 5.40. The highest BCUT2D eigenvalue weighted by Gasteiger charge is 2.14. The van der Waals surface area contributed by atoms with Crippen LogP contribution in [0.3, 0.4) is 0 Å². The molecular weight excluding hydrogens is 292 g/mol. The van der Waals surface area contributed by atoms with Crippen molar-refractivity contribution in [2.45, 2.75) is 13.0 Å². The van der Waals surface area contributed by atoms with Gasteiger partial charge >= 0.3 is 0 Å². The van der Waals surface area contributed by atoms with Crippen LogP contribution in [0.25, 0.3) is 0 Å². The van der Waals surface area contributed by atoms with Gasteiger partial charge in [-0.2, -0.15) is 0 Å². The van der Waals surface area contributed by atoms with E-state index in [1.807, 2.05) is 61.1 Å². The van der Waals surface area contributed by atoms with Crippen LogP contribution in [0.5, 0.6) is 0 Å². The molecule has 1 aromatic heterocycles. The van der Waals surface area contributed by atoms with E-state index >= 15 is 0 Å². The summed E-state index contributed by atoms with van der Waals surface area (Å²) in [5, 5.41) is 2.99. The molecule has 4 heteroatoms. The number of nitrogens with zero attached hydrogens (tertiary/aromatic N) is 1. The summed E-state index contributed by atoms with van der Waals surface area (Å²) >= 11 is 3.49. The molecule has 3 nitrogen and oxygen atoms in total. The summed E-state index contributed by atoms with van der Waals surface area (Å²) in [5.41, 5.74) is 1.73. The molecule has 0 aliphatic rings. The predicted octanol–water partition coefficient (Wildman–Crippen LogP) is 3.28. The molecular formula is C14H15BrN2O. The van der Waals surface area contributed by atoms with Crippen LogP contribution in [-0.4, -0.2) is 10.5 Å². The average Bonchev–Trinajstić information content (AvgIpc) is 2.76. The smallest absolute Gasteiger partial charge is 0.268 e. The Morgan fingerprint density at radius 1 is 1.28 bits per heavy atom. The van der Waals surface area contributed by atoms with E-state index in [2.05, 4.69) is 21.2 Å². The van der Waals surface area contributed by atoms with Crippen molar-refractivity contribution in [3.63, 3.8) is 0 Å². The lowest BCUT2D eigenvalue weighted by Gasteiger charge is -2.16. The van der Waals surface area contributed by atoms with Gasteiger partial charge in [-0.05, 0) is 30.7 Å². The van der Waals surface area contributed by atoms with E-state index in [0.29, 0.717) is 5.69 Å². The molecule has 1 amide bonds. The van der Waals surface area contributed by atoms with Crippen LogP contribution >= 0.6 is 15.9 Å². The molecule has 0 spiro atoms. The molecule has 0 bridgehead atoms. The molecule has 0 saturated heterocycles. The van der Waals surface area contributed by atoms with Gasteiger partial charge in [0.25, 0.3) is 5.91 Å². The quantitative estimate of drug-likeness (QED) is 0.928. The van der Waals surface area contributed by atoms with E-state index in [4.69, 9.17) is 0 Å². The minimum Gasteiger partial charge on any atom is -0.347 e. The number of hydrogen-bond acceptors (Lipinski definition) is 1. The molecule has 18 heavy (non-hydrogen) atoms. The van der Waals surface area contributed by atoms with Gasteiger partial charge in [0, 0.05) is 17.7 Å². The first-order chi connectivity index (χ1) is 8.59. The fourth-order valence-electron chi connectivity index (χ4n) is 1.87. The van der Waals surface area contributed by atoms with E-state index in [-0.39, 0.29) is 11.9 Å². The Morgan fingerprint density at radius 2 is 2.00 bits per heavy atom. The number of rotatable bonds is 3. The van der Waals surface area contributed by atoms with Crippen LogP contribution < -0.4 is 5.32 Å². The maximum absolute atomic E-state index is 12.1. The first-order valence-corrected chi connectivity index (χ1v) is 6.55. The van der Waals surface area contributed by atoms with Crippen LogP contribution in [0.15, 0.2) is 47.1 Å². The number of aromatic nitrogens is 1.